The third-order valence-corrected chi connectivity index (χ3v) is 1.97. The maximum Gasteiger partial charge on any atom is 0.236 e. The zero-order chi connectivity index (χ0) is 8.27. The standard InChI is InChI=1S/C8H16N2O/c1-7(2)10-5-3-4-9-6-8(10)11/h7,9H,3-6H2,1-2H3. The SMILES string of the molecule is CC(C)N1CCCNCC1=O. The summed E-state index contributed by atoms with van der Waals surface area (Å²) in [6, 6.07) is 0.349. The Kier molecular flexibility index (Phi) is 2.88. The number of carbonyl (C=O) groups excluding carboxylic acids is 1. The quantitative estimate of drug-likeness (QED) is 0.589. The molecule has 1 saturated heterocycles. The molecule has 1 fully saturated rings. The van der Waals surface area contributed by atoms with Crippen LogP contribution in [0.15, 0.2) is 0 Å². The van der Waals surface area contributed by atoms with Crippen LogP contribution >= 0.6 is 0 Å². The van der Waals surface area contributed by atoms with E-state index in [9.17, 15) is 4.79 Å². The Morgan fingerprint density at radius 3 is 2.91 bits per heavy atom. The molecule has 0 bridgehead atoms. The first-order chi connectivity index (χ1) is 5.22. The molecule has 11 heavy (non-hydrogen) atoms. The summed E-state index contributed by atoms with van der Waals surface area (Å²) in [6.45, 7) is 6.50. The van der Waals surface area contributed by atoms with E-state index in [4.69, 9.17) is 0 Å². The van der Waals surface area contributed by atoms with Crippen LogP contribution < -0.4 is 5.32 Å². The minimum absolute atomic E-state index is 0.234. The second kappa shape index (κ2) is 3.72. The maximum absolute atomic E-state index is 11.3. The molecule has 1 aliphatic heterocycles. The van der Waals surface area contributed by atoms with Gasteiger partial charge >= 0.3 is 0 Å². The van der Waals surface area contributed by atoms with E-state index >= 15 is 0 Å². The van der Waals surface area contributed by atoms with Crippen LogP contribution in [-0.2, 0) is 4.79 Å². The fourth-order valence-corrected chi connectivity index (χ4v) is 1.34. The molecule has 1 heterocycles. The molecule has 0 aliphatic carbocycles. The molecular weight excluding hydrogens is 140 g/mol. The number of hydrogen-bond donors (Lipinski definition) is 1. The zero-order valence-corrected chi connectivity index (χ0v) is 7.26. The van der Waals surface area contributed by atoms with Crippen LogP contribution in [0, 0.1) is 0 Å². The predicted molar refractivity (Wildman–Crippen MR) is 44.3 cm³/mol. The van der Waals surface area contributed by atoms with Crippen LogP contribution in [0.25, 0.3) is 0 Å². The second-order valence-corrected chi connectivity index (χ2v) is 3.21. The van der Waals surface area contributed by atoms with Crippen molar-refractivity contribution in [3.8, 4) is 0 Å². The summed E-state index contributed by atoms with van der Waals surface area (Å²) in [5.41, 5.74) is 0. The summed E-state index contributed by atoms with van der Waals surface area (Å²) in [5.74, 6) is 0.234. The van der Waals surface area contributed by atoms with E-state index in [1.54, 1.807) is 0 Å². The lowest BCUT2D eigenvalue weighted by Crippen LogP contribution is -2.39. The van der Waals surface area contributed by atoms with Gasteiger partial charge in [-0.15, -0.1) is 0 Å². The van der Waals surface area contributed by atoms with Crippen molar-refractivity contribution in [3.63, 3.8) is 0 Å². The molecule has 64 valence electrons. The molecule has 3 heteroatoms. The fourth-order valence-electron chi connectivity index (χ4n) is 1.34. The molecule has 0 atom stereocenters. The van der Waals surface area contributed by atoms with Gasteiger partial charge in [0.2, 0.25) is 5.91 Å². The molecule has 1 aliphatic rings. The molecule has 0 unspecified atom stereocenters. The van der Waals surface area contributed by atoms with E-state index in [2.05, 4.69) is 19.2 Å². The molecule has 0 aromatic heterocycles. The first-order valence-corrected chi connectivity index (χ1v) is 4.22. The Bertz CT molecular complexity index is 145. The third-order valence-electron chi connectivity index (χ3n) is 1.97. The minimum atomic E-state index is 0.234. The minimum Gasteiger partial charge on any atom is -0.339 e. The fraction of sp³-hybridized carbons (Fsp3) is 0.875. The van der Waals surface area contributed by atoms with Crippen molar-refractivity contribution in [2.45, 2.75) is 26.3 Å². The first kappa shape index (κ1) is 8.53. The average molecular weight is 156 g/mol. The van der Waals surface area contributed by atoms with Gasteiger partial charge in [-0.2, -0.15) is 0 Å². The van der Waals surface area contributed by atoms with E-state index in [1.165, 1.54) is 0 Å². The average Bonchev–Trinajstić information content (AvgIpc) is 2.13. The van der Waals surface area contributed by atoms with Gasteiger partial charge in [0.1, 0.15) is 0 Å². The number of hydrogen-bond acceptors (Lipinski definition) is 2. The second-order valence-electron chi connectivity index (χ2n) is 3.21. The Morgan fingerprint density at radius 1 is 1.55 bits per heavy atom. The van der Waals surface area contributed by atoms with Gasteiger partial charge in [0, 0.05) is 12.6 Å². The molecule has 1 N–H and O–H groups in total. The predicted octanol–water partition coefficient (Wildman–Crippen LogP) is 0.217. The lowest BCUT2D eigenvalue weighted by Gasteiger charge is -2.24. The molecule has 1 amide bonds. The van der Waals surface area contributed by atoms with E-state index in [1.807, 2.05) is 4.90 Å². The highest BCUT2D eigenvalue weighted by Gasteiger charge is 2.17. The van der Waals surface area contributed by atoms with Gasteiger partial charge in [0.25, 0.3) is 0 Å². The Labute approximate surface area is 67.8 Å². The number of nitrogens with zero attached hydrogens (tertiary/aromatic N) is 1. The highest BCUT2D eigenvalue weighted by atomic mass is 16.2. The lowest BCUT2D eigenvalue weighted by molar-refractivity contribution is -0.131. The first-order valence-electron chi connectivity index (χ1n) is 4.22. The van der Waals surface area contributed by atoms with Crippen molar-refractivity contribution in [3.05, 3.63) is 0 Å². The molecular formula is C8H16N2O. The smallest absolute Gasteiger partial charge is 0.236 e. The number of amides is 1. The van der Waals surface area contributed by atoms with Crippen molar-refractivity contribution in [2.75, 3.05) is 19.6 Å². The molecule has 3 nitrogen and oxygen atoms in total. The molecule has 0 radical (unpaired) electrons. The number of nitrogens with one attached hydrogen (secondary N) is 1. The van der Waals surface area contributed by atoms with Crippen LogP contribution in [-0.4, -0.2) is 36.5 Å². The van der Waals surface area contributed by atoms with E-state index in [0.29, 0.717) is 12.6 Å². The summed E-state index contributed by atoms with van der Waals surface area (Å²) >= 11 is 0. The Morgan fingerprint density at radius 2 is 2.27 bits per heavy atom. The van der Waals surface area contributed by atoms with Gasteiger partial charge in [-0.25, -0.2) is 0 Å². The molecule has 0 spiro atoms. The van der Waals surface area contributed by atoms with Crippen LogP contribution in [0.3, 0.4) is 0 Å². The maximum atomic E-state index is 11.3. The van der Waals surface area contributed by atoms with Crippen LogP contribution in [0.2, 0.25) is 0 Å². The van der Waals surface area contributed by atoms with Crippen molar-refractivity contribution in [1.82, 2.24) is 10.2 Å². The summed E-state index contributed by atoms with van der Waals surface area (Å²) in [4.78, 5) is 13.2. The van der Waals surface area contributed by atoms with Crippen LogP contribution in [0.4, 0.5) is 0 Å². The van der Waals surface area contributed by atoms with Crippen LogP contribution in [0.1, 0.15) is 20.3 Å². The van der Waals surface area contributed by atoms with Gasteiger partial charge in [-0.1, -0.05) is 0 Å². The molecule has 1 rings (SSSR count). The monoisotopic (exact) mass is 156 g/mol. The van der Waals surface area contributed by atoms with E-state index < -0.39 is 0 Å². The molecule has 0 aromatic carbocycles. The molecule has 0 saturated carbocycles. The van der Waals surface area contributed by atoms with E-state index in [-0.39, 0.29) is 5.91 Å². The zero-order valence-electron chi connectivity index (χ0n) is 7.26. The normalized spacial score (nSPS) is 20.6. The van der Waals surface area contributed by atoms with Crippen molar-refractivity contribution >= 4 is 5.91 Å². The Hall–Kier alpha value is -0.570. The largest absolute Gasteiger partial charge is 0.339 e. The van der Waals surface area contributed by atoms with Gasteiger partial charge in [0.05, 0.1) is 6.54 Å². The highest BCUT2D eigenvalue weighted by molar-refractivity contribution is 5.78. The summed E-state index contributed by atoms with van der Waals surface area (Å²) in [6.07, 6.45) is 1.07. The van der Waals surface area contributed by atoms with Crippen molar-refractivity contribution in [2.24, 2.45) is 0 Å². The highest BCUT2D eigenvalue weighted by Crippen LogP contribution is 2.02. The topological polar surface area (TPSA) is 32.3 Å². The Balaban J connectivity index is 2.52. The van der Waals surface area contributed by atoms with Gasteiger partial charge in [-0.05, 0) is 26.8 Å². The number of carbonyl (C=O) groups is 1. The number of rotatable bonds is 1. The van der Waals surface area contributed by atoms with Crippen molar-refractivity contribution in [1.29, 1.82) is 0 Å². The van der Waals surface area contributed by atoms with Crippen molar-refractivity contribution < 1.29 is 4.79 Å². The third kappa shape index (κ3) is 2.19. The lowest BCUT2D eigenvalue weighted by atomic mass is 10.3. The summed E-state index contributed by atoms with van der Waals surface area (Å²) < 4.78 is 0. The van der Waals surface area contributed by atoms with Gasteiger partial charge in [-0.3, -0.25) is 4.79 Å². The van der Waals surface area contributed by atoms with Gasteiger partial charge in [0.15, 0.2) is 0 Å². The van der Waals surface area contributed by atoms with Crippen LogP contribution in [0.5, 0.6) is 0 Å². The van der Waals surface area contributed by atoms with E-state index in [0.717, 1.165) is 19.5 Å². The summed E-state index contributed by atoms with van der Waals surface area (Å²) in [5, 5.41) is 3.09. The van der Waals surface area contributed by atoms with Gasteiger partial charge < -0.3 is 10.2 Å². The molecule has 0 aromatic rings. The summed E-state index contributed by atoms with van der Waals surface area (Å²) in [7, 11) is 0.